The minimum Gasteiger partial charge on any atom is -0.472 e. The Morgan fingerprint density at radius 1 is 1.39 bits per heavy atom. The number of fused-ring (bicyclic) bond motifs is 2. The van der Waals surface area contributed by atoms with Crippen molar-refractivity contribution in [2.45, 2.75) is 59.0 Å². The van der Waals surface area contributed by atoms with E-state index < -0.39 is 0 Å². The van der Waals surface area contributed by atoms with E-state index in [2.05, 4.69) is 39.1 Å². The molecule has 0 aliphatic heterocycles. The topological polar surface area (TPSA) is 25.2 Å². The highest BCUT2D eigenvalue weighted by atomic mass is 16.3. The van der Waals surface area contributed by atoms with Crippen molar-refractivity contribution in [3.63, 3.8) is 0 Å². The number of hydrogen-bond donors (Lipinski definition) is 1. The van der Waals surface area contributed by atoms with Gasteiger partial charge in [-0.2, -0.15) is 0 Å². The van der Waals surface area contributed by atoms with E-state index in [0.717, 1.165) is 5.92 Å². The molecule has 2 bridgehead atoms. The molecule has 1 aromatic heterocycles. The standard InChI is InChI=1S/C16H25NO/c1-11(12-6-8-18-10-12)17-14-9-13-5-7-16(14,4)15(13,2)3/h6,8,10-11,13-14,17H,5,7,9H2,1-4H3. The molecular weight excluding hydrogens is 222 g/mol. The summed E-state index contributed by atoms with van der Waals surface area (Å²) < 4.78 is 5.19. The van der Waals surface area contributed by atoms with Crippen LogP contribution in [0.3, 0.4) is 0 Å². The number of furan rings is 1. The summed E-state index contributed by atoms with van der Waals surface area (Å²) in [5.74, 6) is 0.900. The smallest absolute Gasteiger partial charge is 0.0950 e. The van der Waals surface area contributed by atoms with Crippen LogP contribution >= 0.6 is 0 Å². The van der Waals surface area contributed by atoms with Crippen molar-refractivity contribution in [3.05, 3.63) is 24.2 Å². The van der Waals surface area contributed by atoms with E-state index in [4.69, 9.17) is 4.42 Å². The van der Waals surface area contributed by atoms with Gasteiger partial charge in [0.15, 0.2) is 0 Å². The highest BCUT2D eigenvalue weighted by Crippen LogP contribution is 2.65. The van der Waals surface area contributed by atoms with Gasteiger partial charge in [-0.3, -0.25) is 0 Å². The van der Waals surface area contributed by atoms with Gasteiger partial charge in [0.05, 0.1) is 12.5 Å². The van der Waals surface area contributed by atoms with Crippen molar-refractivity contribution >= 4 is 0 Å². The lowest BCUT2D eigenvalue weighted by Gasteiger charge is -2.40. The van der Waals surface area contributed by atoms with Gasteiger partial charge in [-0.15, -0.1) is 0 Å². The zero-order chi connectivity index (χ0) is 13.0. The number of hydrogen-bond acceptors (Lipinski definition) is 2. The highest BCUT2D eigenvalue weighted by molar-refractivity contribution is 5.16. The fourth-order valence-corrected chi connectivity index (χ4v) is 4.38. The quantitative estimate of drug-likeness (QED) is 0.868. The van der Waals surface area contributed by atoms with Gasteiger partial charge >= 0.3 is 0 Å². The lowest BCUT2D eigenvalue weighted by Crippen LogP contribution is -2.45. The summed E-state index contributed by atoms with van der Waals surface area (Å²) in [5, 5.41) is 3.85. The lowest BCUT2D eigenvalue weighted by molar-refractivity contribution is 0.116. The van der Waals surface area contributed by atoms with E-state index in [9.17, 15) is 0 Å². The minimum absolute atomic E-state index is 0.390. The summed E-state index contributed by atoms with van der Waals surface area (Å²) in [5.41, 5.74) is 2.20. The molecule has 3 rings (SSSR count). The molecule has 2 aliphatic rings. The third-order valence-corrected chi connectivity index (χ3v) is 6.29. The van der Waals surface area contributed by atoms with Crippen molar-refractivity contribution in [1.29, 1.82) is 0 Å². The predicted octanol–water partition coefficient (Wildman–Crippen LogP) is 4.15. The molecule has 2 saturated carbocycles. The lowest BCUT2D eigenvalue weighted by atomic mass is 9.69. The normalized spacial score (nSPS) is 39.1. The fraction of sp³-hybridized carbons (Fsp3) is 0.750. The molecule has 0 radical (unpaired) electrons. The summed E-state index contributed by atoms with van der Waals surface area (Å²) in [6.45, 7) is 9.66. The molecule has 2 aliphatic carbocycles. The van der Waals surface area contributed by atoms with E-state index >= 15 is 0 Å². The van der Waals surface area contributed by atoms with E-state index in [0.29, 0.717) is 22.9 Å². The van der Waals surface area contributed by atoms with Gasteiger partial charge in [0, 0.05) is 17.6 Å². The molecular formula is C16H25NO. The van der Waals surface area contributed by atoms with Gasteiger partial charge in [0.2, 0.25) is 0 Å². The predicted molar refractivity (Wildman–Crippen MR) is 73.3 cm³/mol. The Balaban J connectivity index is 1.76. The molecule has 2 nitrogen and oxygen atoms in total. The number of rotatable bonds is 3. The zero-order valence-electron chi connectivity index (χ0n) is 12.0. The Hall–Kier alpha value is -0.760. The van der Waals surface area contributed by atoms with Crippen LogP contribution in [0.2, 0.25) is 0 Å². The summed E-state index contributed by atoms with van der Waals surface area (Å²) in [6, 6.07) is 3.11. The Labute approximate surface area is 110 Å². The average molecular weight is 247 g/mol. The number of nitrogens with one attached hydrogen (secondary N) is 1. The second-order valence-electron chi connectivity index (χ2n) is 7.11. The maximum Gasteiger partial charge on any atom is 0.0950 e. The summed E-state index contributed by atoms with van der Waals surface area (Å²) in [4.78, 5) is 0. The van der Waals surface area contributed by atoms with Gasteiger partial charge in [0.1, 0.15) is 0 Å². The molecule has 100 valence electrons. The van der Waals surface area contributed by atoms with Crippen LogP contribution in [0.25, 0.3) is 0 Å². The maximum absolute atomic E-state index is 5.19. The molecule has 1 aromatic rings. The summed E-state index contributed by atoms with van der Waals surface area (Å²) in [6.07, 6.45) is 7.76. The Kier molecular flexibility index (Phi) is 2.64. The molecule has 4 unspecified atom stereocenters. The third kappa shape index (κ3) is 1.51. The molecule has 0 aromatic carbocycles. The molecule has 0 saturated heterocycles. The van der Waals surface area contributed by atoms with Crippen LogP contribution in [-0.2, 0) is 0 Å². The van der Waals surface area contributed by atoms with Crippen LogP contribution in [0.1, 0.15) is 58.6 Å². The average Bonchev–Trinajstić information content (AvgIpc) is 2.95. The summed E-state index contributed by atoms with van der Waals surface area (Å²) >= 11 is 0. The minimum atomic E-state index is 0.390. The van der Waals surface area contributed by atoms with E-state index in [1.807, 2.05) is 6.26 Å². The van der Waals surface area contributed by atoms with Crippen LogP contribution in [-0.4, -0.2) is 6.04 Å². The van der Waals surface area contributed by atoms with Gasteiger partial charge in [0.25, 0.3) is 0 Å². The SMILES string of the molecule is CC(NC1CC2CCC1(C)C2(C)C)c1ccoc1. The zero-order valence-corrected chi connectivity index (χ0v) is 12.0. The Bertz CT molecular complexity index is 422. The molecule has 0 amide bonds. The van der Waals surface area contributed by atoms with Crippen molar-refractivity contribution < 1.29 is 4.42 Å². The second-order valence-corrected chi connectivity index (χ2v) is 7.11. The van der Waals surface area contributed by atoms with Crippen LogP contribution in [0, 0.1) is 16.7 Å². The third-order valence-electron chi connectivity index (χ3n) is 6.29. The fourth-order valence-electron chi connectivity index (χ4n) is 4.38. The molecule has 2 heteroatoms. The molecule has 18 heavy (non-hydrogen) atoms. The van der Waals surface area contributed by atoms with Crippen molar-refractivity contribution in [2.75, 3.05) is 0 Å². The van der Waals surface area contributed by atoms with Gasteiger partial charge < -0.3 is 9.73 Å². The molecule has 1 heterocycles. The summed E-state index contributed by atoms with van der Waals surface area (Å²) in [7, 11) is 0. The van der Waals surface area contributed by atoms with Gasteiger partial charge in [-0.05, 0) is 49.0 Å². The molecule has 4 atom stereocenters. The largest absolute Gasteiger partial charge is 0.472 e. The van der Waals surface area contributed by atoms with Crippen LogP contribution in [0.4, 0.5) is 0 Å². The first-order chi connectivity index (χ1) is 8.45. The van der Waals surface area contributed by atoms with Crippen LogP contribution < -0.4 is 5.32 Å². The van der Waals surface area contributed by atoms with E-state index in [1.165, 1.54) is 24.8 Å². The van der Waals surface area contributed by atoms with Gasteiger partial charge in [-0.25, -0.2) is 0 Å². The first-order valence-electron chi connectivity index (χ1n) is 7.23. The highest BCUT2D eigenvalue weighted by Gasteiger charge is 2.61. The van der Waals surface area contributed by atoms with Crippen molar-refractivity contribution in [1.82, 2.24) is 5.32 Å². The van der Waals surface area contributed by atoms with E-state index in [-0.39, 0.29) is 0 Å². The van der Waals surface area contributed by atoms with Crippen LogP contribution in [0.5, 0.6) is 0 Å². The first kappa shape index (κ1) is 12.3. The first-order valence-corrected chi connectivity index (χ1v) is 7.23. The van der Waals surface area contributed by atoms with Gasteiger partial charge in [-0.1, -0.05) is 20.8 Å². The second kappa shape index (κ2) is 3.86. The Morgan fingerprint density at radius 2 is 2.17 bits per heavy atom. The maximum atomic E-state index is 5.19. The molecule has 0 spiro atoms. The Morgan fingerprint density at radius 3 is 2.67 bits per heavy atom. The molecule has 1 N–H and O–H groups in total. The van der Waals surface area contributed by atoms with E-state index in [1.54, 1.807) is 6.26 Å². The van der Waals surface area contributed by atoms with Crippen LogP contribution in [0.15, 0.2) is 23.0 Å². The van der Waals surface area contributed by atoms with Crippen molar-refractivity contribution in [2.24, 2.45) is 16.7 Å². The monoisotopic (exact) mass is 247 g/mol. The van der Waals surface area contributed by atoms with Crippen molar-refractivity contribution in [3.8, 4) is 0 Å². The molecule has 2 fully saturated rings.